The normalized spacial score (nSPS) is 11.4. The largest absolute Gasteiger partial charge is 0.0616 e. The standard InChI is InChI=1S/C30H19I/c31-30-28-14-6-4-12-26(28)25-11-3-5-13-27(25)29(30)22-18-16-21(17-19-22)24-15-7-9-20-8-1-2-10-23(20)24/h1-19H. The van der Waals surface area contributed by atoms with E-state index in [1.807, 2.05) is 0 Å². The van der Waals surface area contributed by atoms with Crippen molar-refractivity contribution in [1.29, 1.82) is 0 Å². The summed E-state index contributed by atoms with van der Waals surface area (Å²) in [4.78, 5) is 0. The lowest BCUT2D eigenvalue weighted by Gasteiger charge is -2.15. The van der Waals surface area contributed by atoms with Gasteiger partial charge in [0.2, 0.25) is 0 Å². The number of hydrogen-bond donors (Lipinski definition) is 0. The summed E-state index contributed by atoms with van der Waals surface area (Å²) in [5.74, 6) is 0. The summed E-state index contributed by atoms with van der Waals surface area (Å²) in [7, 11) is 0. The van der Waals surface area contributed by atoms with Crippen LogP contribution in [0.2, 0.25) is 0 Å². The molecule has 0 saturated carbocycles. The van der Waals surface area contributed by atoms with Crippen molar-refractivity contribution >= 4 is 54.9 Å². The van der Waals surface area contributed by atoms with E-state index in [-0.39, 0.29) is 0 Å². The van der Waals surface area contributed by atoms with Gasteiger partial charge >= 0.3 is 0 Å². The van der Waals surface area contributed by atoms with E-state index in [4.69, 9.17) is 0 Å². The molecule has 0 radical (unpaired) electrons. The maximum Gasteiger partial charge on any atom is 0.0293 e. The average molecular weight is 506 g/mol. The summed E-state index contributed by atoms with van der Waals surface area (Å²) in [5, 5.41) is 7.83. The zero-order valence-corrected chi connectivity index (χ0v) is 19.0. The monoisotopic (exact) mass is 506 g/mol. The van der Waals surface area contributed by atoms with Gasteiger partial charge in [-0.15, -0.1) is 0 Å². The van der Waals surface area contributed by atoms with Gasteiger partial charge in [-0.3, -0.25) is 0 Å². The van der Waals surface area contributed by atoms with Gasteiger partial charge < -0.3 is 0 Å². The molecular formula is C30H19I. The summed E-state index contributed by atoms with van der Waals surface area (Å²) >= 11 is 2.52. The Kier molecular flexibility index (Phi) is 4.50. The van der Waals surface area contributed by atoms with Gasteiger partial charge in [0.25, 0.3) is 0 Å². The summed E-state index contributed by atoms with van der Waals surface area (Å²) in [6.07, 6.45) is 0. The average Bonchev–Trinajstić information content (AvgIpc) is 2.84. The van der Waals surface area contributed by atoms with E-state index in [9.17, 15) is 0 Å². The lowest BCUT2D eigenvalue weighted by atomic mass is 9.92. The number of benzene rings is 6. The van der Waals surface area contributed by atoms with E-state index < -0.39 is 0 Å². The Labute approximate surface area is 195 Å². The second kappa shape index (κ2) is 7.51. The van der Waals surface area contributed by atoms with Gasteiger partial charge in [0, 0.05) is 9.13 Å². The minimum absolute atomic E-state index is 1.25. The fourth-order valence-electron chi connectivity index (χ4n) is 4.67. The third-order valence-electron chi connectivity index (χ3n) is 6.14. The molecule has 0 N–H and O–H groups in total. The molecular weight excluding hydrogens is 487 g/mol. The lowest BCUT2D eigenvalue weighted by Crippen LogP contribution is -1.90. The first-order valence-corrected chi connectivity index (χ1v) is 11.6. The fraction of sp³-hybridized carbons (Fsp3) is 0. The van der Waals surface area contributed by atoms with Crippen LogP contribution < -0.4 is 0 Å². The smallest absolute Gasteiger partial charge is 0.0293 e. The van der Waals surface area contributed by atoms with Crippen molar-refractivity contribution in [2.24, 2.45) is 0 Å². The summed E-state index contributed by atoms with van der Waals surface area (Å²) in [6, 6.07) is 41.7. The molecule has 0 unspecified atom stereocenters. The van der Waals surface area contributed by atoms with Crippen LogP contribution in [0.1, 0.15) is 0 Å². The molecule has 0 atom stereocenters. The van der Waals surface area contributed by atoms with Crippen LogP contribution in [0.3, 0.4) is 0 Å². The summed E-state index contributed by atoms with van der Waals surface area (Å²) in [5.41, 5.74) is 5.11. The molecule has 0 nitrogen and oxygen atoms in total. The van der Waals surface area contributed by atoms with Crippen LogP contribution in [0.4, 0.5) is 0 Å². The Morgan fingerprint density at radius 3 is 1.65 bits per heavy atom. The Morgan fingerprint density at radius 1 is 0.387 bits per heavy atom. The van der Waals surface area contributed by atoms with E-state index in [1.54, 1.807) is 0 Å². The van der Waals surface area contributed by atoms with Crippen molar-refractivity contribution in [1.82, 2.24) is 0 Å². The van der Waals surface area contributed by atoms with Crippen LogP contribution >= 0.6 is 22.6 Å². The van der Waals surface area contributed by atoms with E-state index >= 15 is 0 Å². The molecule has 0 aromatic heterocycles. The van der Waals surface area contributed by atoms with Crippen LogP contribution in [0, 0.1) is 3.57 Å². The molecule has 146 valence electrons. The van der Waals surface area contributed by atoms with Crippen molar-refractivity contribution < 1.29 is 0 Å². The van der Waals surface area contributed by atoms with Gasteiger partial charge in [-0.05, 0) is 71.6 Å². The minimum atomic E-state index is 1.25. The molecule has 0 aliphatic heterocycles. The van der Waals surface area contributed by atoms with Gasteiger partial charge in [0.1, 0.15) is 0 Å². The van der Waals surface area contributed by atoms with Gasteiger partial charge in [0.05, 0.1) is 0 Å². The third-order valence-corrected chi connectivity index (χ3v) is 7.26. The van der Waals surface area contributed by atoms with Crippen molar-refractivity contribution in [2.75, 3.05) is 0 Å². The number of halogens is 1. The second-order valence-electron chi connectivity index (χ2n) is 7.88. The predicted octanol–water partition coefficient (Wildman–Crippen LogP) is 9.08. The highest BCUT2D eigenvalue weighted by Gasteiger charge is 2.14. The first-order valence-electron chi connectivity index (χ1n) is 10.5. The zero-order chi connectivity index (χ0) is 20.8. The molecule has 1 heteroatoms. The highest BCUT2D eigenvalue weighted by Crippen LogP contribution is 2.40. The molecule has 31 heavy (non-hydrogen) atoms. The number of rotatable bonds is 2. The number of fused-ring (bicyclic) bond motifs is 4. The maximum atomic E-state index is 2.52. The highest BCUT2D eigenvalue weighted by molar-refractivity contribution is 14.1. The third kappa shape index (κ3) is 3.03. The first kappa shape index (κ1) is 18.6. The van der Waals surface area contributed by atoms with Crippen LogP contribution in [0.5, 0.6) is 0 Å². The Balaban J connectivity index is 1.57. The summed E-state index contributed by atoms with van der Waals surface area (Å²) in [6.45, 7) is 0. The van der Waals surface area contributed by atoms with Gasteiger partial charge in [-0.1, -0.05) is 115 Å². The van der Waals surface area contributed by atoms with Crippen molar-refractivity contribution in [3.8, 4) is 22.3 Å². The minimum Gasteiger partial charge on any atom is -0.0616 e. The summed E-state index contributed by atoms with van der Waals surface area (Å²) < 4.78 is 1.31. The van der Waals surface area contributed by atoms with Crippen LogP contribution in [0.25, 0.3) is 54.6 Å². The predicted molar refractivity (Wildman–Crippen MR) is 143 cm³/mol. The van der Waals surface area contributed by atoms with E-state index in [0.717, 1.165) is 0 Å². The SMILES string of the molecule is Ic1c(-c2ccc(-c3cccc4ccccc34)cc2)c2ccccc2c2ccccc12. The molecule has 0 bridgehead atoms. The van der Waals surface area contributed by atoms with Gasteiger partial charge in [-0.2, -0.15) is 0 Å². The topological polar surface area (TPSA) is 0 Å². The molecule has 0 amide bonds. The molecule has 6 rings (SSSR count). The Hall–Kier alpha value is -3.17. The fourth-order valence-corrected chi connectivity index (χ4v) is 5.75. The molecule has 0 fully saturated rings. The van der Waals surface area contributed by atoms with E-state index in [2.05, 4.69) is 138 Å². The van der Waals surface area contributed by atoms with E-state index in [0.29, 0.717) is 0 Å². The molecule has 0 aliphatic carbocycles. The van der Waals surface area contributed by atoms with Crippen LogP contribution in [-0.4, -0.2) is 0 Å². The lowest BCUT2D eigenvalue weighted by molar-refractivity contribution is 1.62. The molecule has 0 aliphatic rings. The zero-order valence-electron chi connectivity index (χ0n) is 16.8. The highest BCUT2D eigenvalue weighted by atomic mass is 127. The van der Waals surface area contributed by atoms with Crippen molar-refractivity contribution in [2.45, 2.75) is 0 Å². The van der Waals surface area contributed by atoms with Gasteiger partial charge in [-0.25, -0.2) is 0 Å². The first-order chi connectivity index (χ1) is 15.3. The van der Waals surface area contributed by atoms with Crippen molar-refractivity contribution in [3.05, 3.63) is 119 Å². The van der Waals surface area contributed by atoms with Gasteiger partial charge in [0.15, 0.2) is 0 Å². The van der Waals surface area contributed by atoms with Crippen LogP contribution in [0.15, 0.2) is 115 Å². The second-order valence-corrected chi connectivity index (χ2v) is 8.96. The number of hydrogen-bond acceptors (Lipinski definition) is 0. The quantitative estimate of drug-likeness (QED) is 0.162. The molecule has 6 aromatic carbocycles. The molecule has 0 heterocycles. The Morgan fingerprint density at radius 2 is 0.903 bits per heavy atom. The maximum absolute atomic E-state index is 2.52. The Bertz CT molecular complexity index is 1570. The molecule has 6 aromatic rings. The molecule has 0 saturated heterocycles. The van der Waals surface area contributed by atoms with E-state index in [1.165, 1.54) is 58.1 Å². The van der Waals surface area contributed by atoms with Crippen molar-refractivity contribution in [3.63, 3.8) is 0 Å². The van der Waals surface area contributed by atoms with Crippen LogP contribution in [-0.2, 0) is 0 Å². The molecule has 0 spiro atoms.